The van der Waals surface area contributed by atoms with E-state index in [0.717, 1.165) is 11.1 Å². The number of nitrogens with one attached hydrogen (secondary N) is 1. The summed E-state index contributed by atoms with van der Waals surface area (Å²) in [6.45, 7) is 3.76. The van der Waals surface area contributed by atoms with Crippen molar-refractivity contribution in [1.29, 1.82) is 0 Å². The monoisotopic (exact) mass is 255 g/mol. The molecule has 19 heavy (non-hydrogen) atoms. The van der Waals surface area contributed by atoms with Gasteiger partial charge in [-0.05, 0) is 43.2 Å². The zero-order chi connectivity index (χ0) is 13.8. The van der Waals surface area contributed by atoms with E-state index in [9.17, 15) is 4.79 Å². The molecule has 1 aromatic heterocycles. The highest BCUT2D eigenvalue weighted by molar-refractivity contribution is 5.95. The summed E-state index contributed by atoms with van der Waals surface area (Å²) in [5, 5.41) is 2.84. The second kappa shape index (κ2) is 5.52. The van der Waals surface area contributed by atoms with Crippen LogP contribution in [-0.4, -0.2) is 10.9 Å². The summed E-state index contributed by atoms with van der Waals surface area (Å²) in [5.74, 6) is 0.237. The highest BCUT2D eigenvalue weighted by Crippen LogP contribution is 2.20. The van der Waals surface area contributed by atoms with Crippen LogP contribution in [0.15, 0.2) is 42.6 Å². The molecular formula is C15H17N3O. The molecule has 4 nitrogen and oxygen atoms in total. The van der Waals surface area contributed by atoms with E-state index in [1.54, 1.807) is 12.3 Å². The van der Waals surface area contributed by atoms with Crippen molar-refractivity contribution < 1.29 is 4.79 Å². The molecule has 1 atom stereocenters. The minimum atomic E-state index is -0.273. The summed E-state index contributed by atoms with van der Waals surface area (Å²) in [6.07, 6.45) is 1.66. The van der Waals surface area contributed by atoms with Crippen LogP contribution >= 0.6 is 0 Å². The fourth-order valence-corrected chi connectivity index (χ4v) is 1.82. The Kier molecular flexibility index (Phi) is 3.80. The summed E-state index contributed by atoms with van der Waals surface area (Å²) in [7, 11) is 0. The SMILES string of the molecule is Cc1cccnc1NC(=O)C(C)c1cccc(N)c1. The maximum atomic E-state index is 12.2. The third kappa shape index (κ3) is 3.10. The van der Waals surface area contributed by atoms with E-state index in [1.807, 2.05) is 44.2 Å². The van der Waals surface area contributed by atoms with E-state index < -0.39 is 0 Å². The summed E-state index contributed by atoms with van der Waals surface area (Å²) in [4.78, 5) is 16.3. The summed E-state index contributed by atoms with van der Waals surface area (Å²) < 4.78 is 0. The van der Waals surface area contributed by atoms with E-state index in [-0.39, 0.29) is 11.8 Å². The van der Waals surface area contributed by atoms with E-state index in [0.29, 0.717) is 11.5 Å². The van der Waals surface area contributed by atoms with E-state index in [4.69, 9.17) is 5.73 Å². The molecule has 0 aliphatic carbocycles. The molecule has 2 rings (SSSR count). The molecule has 0 saturated carbocycles. The first-order valence-corrected chi connectivity index (χ1v) is 6.16. The van der Waals surface area contributed by atoms with Gasteiger partial charge in [0.25, 0.3) is 0 Å². The zero-order valence-corrected chi connectivity index (χ0v) is 11.1. The highest BCUT2D eigenvalue weighted by Gasteiger charge is 2.16. The molecule has 0 bridgehead atoms. The minimum Gasteiger partial charge on any atom is -0.399 e. The normalized spacial score (nSPS) is 11.9. The van der Waals surface area contributed by atoms with Crippen LogP contribution in [0.3, 0.4) is 0 Å². The number of benzene rings is 1. The van der Waals surface area contributed by atoms with Crippen molar-refractivity contribution in [3.8, 4) is 0 Å². The lowest BCUT2D eigenvalue weighted by Crippen LogP contribution is -2.20. The van der Waals surface area contributed by atoms with Crippen molar-refractivity contribution in [1.82, 2.24) is 4.98 Å². The Labute approximate surface area is 112 Å². The molecule has 1 amide bonds. The second-order valence-electron chi connectivity index (χ2n) is 4.55. The van der Waals surface area contributed by atoms with Gasteiger partial charge in [0.2, 0.25) is 5.91 Å². The average Bonchev–Trinajstić information content (AvgIpc) is 2.40. The number of hydrogen-bond acceptors (Lipinski definition) is 3. The van der Waals surface area contributed by atoms with Gasteiger partial charge >= 0.3 is 0 Å². The van der Waals surface area contributed by atoms with Crippen molar-refractivity contribution in [2.24, 2.45) is 0 Å². The van der Waals surface area contributed by atoms with Gasteiger partial charge in [0.1, 0.15) is 5.82 Å². The molecule has 1 heterocycles. The summed E-state index contributed by atoms with van der Waals surface area (Å²) in [6, 6.07) is 11.1. The molecule has 0 fully saturated rings. The third-order valence-corrected chi connectivity index (χ3v) is 3.06. The molecule has 98 valence electrons. The Morgan fingerprint density at radius 3 is 2.79 bits per heavy atom. The summed E-state index contributed by atoms with van der Waals surface area (Å²) in [5.41, 5.74) is 8.22. The predicted octanol–water partition coefficient (Wildman–Crippen LogP) is 2.71. The number of aromatic nitrogens is 1. The van der Waals surface area contributed by atoms with Crippen molar-refractivity contribution in [3.05, 3.63) is 53.7 Å². The Balaban J connectivity index is 2.14. The Hall–Kier alpha value is -2.36. The molecule has 2 aromatic rings. The van der Waals surface area contributed by atoms with Crippen LogP contribution in [0.2, 0.25) is 0 Å². The number of aryl methyl sites for hydroxylation is 1. The van der Waals surface area contributed by atoms with Crippen LogP contribution in [-0.2, 0) is 4.79 Å². The van der Waals surface area contributed by atoms with Gasteiger partial charge in [-0.3, -0.25) is 4.79 Å². The first-order valence-electron chi connectivity index (χ1n) is 6.16. The first kappa shape index (κ1) is 13.1. The zero-order valence-electron chi connectivity index (χ0n) is 11.1. The molecule has 0 spiro atoms. The Bertz CT molecular complexity index is 595. The standard InChI is InChI=1S/C15H17N3O/c1-10-5-4-8-17-14(10)18-15(19)11(2)12-6-3-7-13(16)9-12/h3-9,11H,16H2,1-2H3,(H,17,18,19). The molecular weight excluding hydrogens is 238 g/mol. The van der Waals surface area contributed by atoms with Crippen molar-refractivity contribution in [2.45, 2.75) is 19.8 Å². The van der Waals surface area contributed by atoms with Crippen LogP contribution in [0.5, 0.6) is 0 Å². The van der Waals surface area contributed by atoms with Crippen molar-refractivity contribution >= 4 is 17.4 Å². The van der Waals surface area contributed by atoms with E-state index >= 15 is 0 Å². The minimum absolute atomic E-state index is 0.0904. The Morgan fingerprint density at radius 2 is 2.11 bits per heavy atom. The van der Waals surface area contributed by atoms with Gasteiger partial charge in [0, 0.05) is 11.9 Å². The molecule has 4 heteroatoms. The fourth-order valence-electron chi connectivity index (χ4n) is 1.82. The Morgan fingerprint density at radius 1 is 1.32 bits per heavy atom. The molecule has 0 aliphatic rings. The largest absolute Gasteiger partial charge is 0.399 e. The molecule has 0 aliphatic heterocycles. The predicted molar refractivity (Wildman–Crippen MR) is 76.9 cm³/mol. The van der Waals surface area contributed by atoms with Crippen LogP contribution in [0.25, 0.3) is 0 Å². The number of hydrogen-bond donors (Lipinski definition) is 2. The topological polar surface area (TPSA) is 68.0 Å². The summed E-state index contributed by atoms with van der Waals surface area (Å²) >= 11 is 0. The quantitative estimate of drug-likeness (QED) is 0.829. The van der Waals surface area contributed by atoms with E-state index in [1.165, 1.54) is 0 Å². The van der Waals surface area contributed by atoms with Gasteiger partial charge in [0.15, 0.2) is 0 Å². The van der Waals surface area contributed by atoms with Gasteiger partial charge in [-0.15, -0.1) is 0 Å². The van der Waals surface area contributed by atoms with Gasteiger partial charge in [-0.1, -0.05) is 18.2 Å². The van der Waals surface area contributed by atoms with Crippen molar-refractivity contribution in [3.63, 3.8) is 0 Å². The molecule has 0 saturated heterocycles. The third-order valence-electron chi connectivity index (χ3n) is 3.06. The van der Waals surface area contributed by atoms with Crippen LogP contribution in [0.1, 0.15) is 24.0 Å². The lowest BCUT2D eigenvalue weighted by atomic mass is 10.00. The molecule has 1 unspecified atom stereocenters. The van der Waals surface area contributed by atoms with Gasteiger partial charge in [-0.25, -0.2) is 4.98 Å². The number of nitrogens with zero attached hydrogens (tertiary/aromatic N) is 1. The average molecular weight is 255 g/mol. The maximum Gasteiger partial charge on any atom is 0.232 e. The second-order valence-corrected chi connectivity index (χ2v) is 4.55. The lowest BCUT2D eigenvalue weighted by molar-refractivity contribution is -0.117. The van der Waals surface area contributed by atoms with Crippen molar-refractivity contribution in [2.75, 3.05) is 11.1 Å². The number of nitrogen functional groups attached to an aromatic ring is 1. The molecule has 0 radical (unpaired) electrons. The number of carbonyl (C=O) groups excluding carboxylic acids is 1. The van der Waals surface area contributed by atoms with Gasteiger partial charge in [-0.2, -0.15) is 0 Å². The van der Waals surface area contributed by atoms with Crippen LogP contribution in [0.4, 0.5) is 11.5 Å². The first-order chi connectivity index (χ1) is 9.08. The number of nitrogens with two attached hydrogens (primary N) is 1. The fraction of sp³-hybridized carbons (Fsp3) is 0.200. The van der Waals surface area contributed by atoms with Gasteiger partial charge in [0.05, 0.1) is 5.92 Å². The number of carbonyl (C=O) groups is 1. The maximum absolute atomic E-state index is 12.2. The lowest BCUT2D eigenvalue weighted by Gasteiger charge is -2.13. The number of rotatable bonds is 3. The van der Waals surface area contributed by atoms with Crippen LogP contribution < -0.4 is 11.1 Å². The molecule has 3 N–H and O–H groups in total. The smallest absolute Gasteiger partial charge is 0.232 e. The van der Waals surface area contributed by atoms with Gasteiger partial charge < -0.3 is 11.1 Å². The van der Waals surface area contributed by atoms with Crippen LogP contribution in [0, 0.1) is 6.92 Å². The van der Waals surface area contributed by atoms with E-state index in [2.05, 4.69) is 10.3 Å². The number of amides is 1. The number of anilines is 2. The highest BCUT2D eigenvalue weighted by atomic mass is 16.1. The molecule has 1 aromatic carbocycles. The number of pyridine rings is 1.